The number of hydrogen-bond acceptors (Lipinski definition) is 6. The number of pyridine rings is 1. The van der Waals surface area contributed by atoms with Crippen LogP contribution in [-0.2, 0) is 9.84 Å². The van der Waals surface area contributed by atoms with E-state index in [2.05, 4.69) is 10.3 Å². The van der Waals surface area contributed by atoms with Gasteiger partial charge in [0.1, 0.15) is 5.82 Å². The SMILES string of the molecule is COc1cc2c(Nc3ccc(S(C)(=O)=O)cc3)nccc2cc1O. The molecule has 0 saturated carbocycles. The molecule has 1 heterocycles. The van der Waals surface area contributed by atoms with Crippen molar-refractivity contribution < 1.29 is 18.3 Å². The zero-order valence-electron chi connectivity index (χ0n) is 13.1. The minimum Gasteiger partial charge on any atom is -0.504 e. The fourth-order valence-corrected chi connectivity index (χ4v) is 3.00. The molecule has 0 unspecified atom stereocenters. The van der Waals surface area contributed by atoms with E-state index in [1.54, 1.807) is 36.5 Å². The number of aromatic hydroxyl groups is 1. The Morgan fingerprint density at radius 2 is 1.83 bits per heavy atom. The van der Waals surface area contributed by atoms with Gasteiger partial charge in [-0.15, -0.1) is 0 Å². The summed E-state index contributed by atoms with van der Waals surface area (Å²) in [6.07, 6.45) is 2.79. The van der Waals surface area contributed by atoms with E-state index in [0.717, 1.165) is 10.8 Å². The van der Waals surface area contributed by atoms with Crippen molar-refractivity contribution in [3.63, 3.8) is 0 Å². The number of phenols is 1. The second-order valence-electron chi connectivity index (χ2n) is 5.33. The number of methoxy groups -OCH3 is 1. The Labute approximate surface area is 139 Å². The largest absolute Gasteiger partial charge is 0.504 e. The van der Waals surface area contributed by atoms with Crippen LogP contribution in [-0.4, -0.2) is 31.9 Å². The number of ether oxygens (including phenoxy) is 1. The number of aromatic nitrogens is 1. The quantitative estimate of drug-likeness (QED) is 0.756. The van der Waals surface area contributed by atoms with Crippen molar-refractivity contribution in [3.8, 4) is 11.5 Å². The van der Waals surface area contributed by atoms with Gasteiger partial charge in [-0.25, -0.2) is 13.4 Å². The van der Waals surface area contributed by atoms with E-state index in [1.807, 2.05) is 0 Å². The van der Waals surface area contributed by atoms with Crippen molar-refractivity contribution in [3.05, 3.63) is 48.7 Å². The van der Waals surface area contributed by atoms with E-state index in [-0.39, 0.29) is 10.6 Å². The summed E-state index contributed by atoms with van der Waals surface area (Å²) in [6, 6.07) is 11.5. The van der Waals surface area contributed by atoms with Gasteiger partial charge in [0.05, 0.1) is 12.0 Å². The van der Waals surface area contributed by atoms with Crippen LogP contribution in [0.3, 0.4) is 0 Å². The molecule has 1 aromatic heterocycles. The van der Waals surface area contributed by atoms with Gasteiger partial charge in [-0.1, -0.05) is 0 Å². The van der Waals surface area contributed by atoms with Crippen LogP contribution in [0.4, 0.5) is 11.5 Å². The molecule has 3 aromatic rings. The highest BCUT2D eigenvalue weighted by molar-refractivity contribution is 7.90. The molecule has 2 N–H and O–H groups in total. The fourth-order valence-electron chi connectivity index (χ4n) is 2.37. The Bertz CT molecular complexity index is 999. The summed E-state index contributed by atoms with van der Waals surface area (Å²) < 4.78 is 28.2. The Kier molecular flexibility index (Phi) is 4.02. The number of hydrogen-bond donors (Lipinski definition) is 2. The Morgan fingerprint density at radius 1 is 1.12 bits per heavy atom. The van der Waals surface area contributed by atoms with Crippen LogP contribution in [0, 0.1) is 0 Å². The van der Waals surface area contributed by atoms with Crippen molar-refractivity contribution in [2.75, 3.05) is 18.7 Å². The van der Waals surface area contributed by atoms with E-state index >= 15 is 0 Å². The average molecular weight is 344 g/mol. The average Bonchev–Trinajstić information content (AvgIpc) is 2.54. The van der Waals surface area contributed by atoms with Crippen LogP contribution < -0.4 is 10.1 Å². The van der Waals surface area contributed by atoms with Gasteiger partial charge in [0, 0.05) is 23.5 Å². The van der Waals surface area contributed by atoms with Crippen molar-refractivity contribution in [1.82, 2.24) is 4.98 Å². The molecule has 2 aromatic carbocycles. The van der Waals surface area contributed by atoms with Crippen molar-refractivity contribution in [2.45, 2.75) is 4.90 Å². The van der Waals surface area contributed by atoms with Crippen LogP contribution in [0.1, 0.15) is 0 Å². The fraction of sp³-hybridized carbons (Fsp3) is 0.118. The van der Waals surface area contributed by atoms with E-state index < -0.39 is 9.84 Å². The van der Waals surface area contributed by atoms with E-state index in [9.17, 15) is 13.5 Å². The van der Waals surface area contributed by atoms with Gasteiger partial charge in [0.15, 0.2) is 21.3 Å². The summed E-state index contributed by atoms with van der Waals surface area (Å²) in [5.41, 5.74) is 0.703. The first-order chi connectivity index (χ1) is 11.4. The molecule has 0 aliphatic carbocycles. The zero-order chi connectivity index (χ0) is 17.3. The maximum Gasteiger partial charge on any atom is 0.175 e. The first kappa shape index (κ1) is 16.1. The number of phenolic OH excluding ortho intramolecular Hbond substituents is 1. The molecular formula is C17H16N2O4S. The molecule has 0 fully saturated rings. The molecule has 3 rings (SSSR count). The second-order valence-corrected chi connectivity index (χ2v) is 7.34. The number of benzene rings is 2. The van der Waals surface area contributed by atoms with Crippen LogP contribution in [0.25, 0.3) is 10.8 Å². The van der Waals surface area contributed by atoms with Crippen LogP contribution in [0.15, 0.2) is 53.6 Å². The molecule has 0 atom stereocenters. The molecule has 0 radical (unpaired) electrons. The minimum atomic E-state index is -3.23. The summed E-state index contributed by atoms with van der Waals surface area (Å²) in [5.74, 6) is 0.989. The molecule has 0 aliphatic rings. The first-order valence-corrected chi connectivity index (χ1v) is 9.00. The molecule has 7 heteroatoms. The predicted octanol–water partition coefficient (Wildman–Crippen LogP) is 3.10. The van der Waals surface area contributed by atoms with Gasteiger partial charge in [-0.3, -0.25) is 0 Å². The summed E-state index contributed by atoms with van der Waals surface area (Å²) in [7, 11) is -1.75. The smallest absolute Gasteiger partial charge is 0.175 e. The molecule has 0 aliphatic heterocycles. The highest BCUT2D eigenvalue weighted by Crippen LogP contribution is 2.34. The molecule has 6 nitrogen and oxygen atoms in total. The number of rotatable bonds is 4. The highest BCUT2D eigenvalue weighted by atomic mass is 32.2. The minimum absolute atomic E-state index is 0.0552. The van der Waals surface area contributed by atoms with Crippen molar-refractivity contribution in [2.24, 2.45) is 0 Å². The standard InChI is InChI=1S/C17H16N2O4S/c1-23-16-10-14-11(9-15(16)20)7-8-18-17(14)19-12-3-5-13(6-4-12)24(2,21)22/h3-10,20H,1-2H3,(H,18,19). The number of nitrogens with zero attached hydrogens (tertiary/aromatic N) is 1. The lowest BCUT2D eigenvalue weighted by Gasteiger charge is -2.11. The second kappa shape index (κ2) is 6.01. The van der Waals surface area contributed by atoms with Gasteiger partial charge in [-0.05, 0) is 47.9 Å². The summed E-state index contributed by atoms with van der Waals surface area (Å²) >= 11 is 0. The maximum atomic E-state index is 11.5. The monoisotopic (exact) mass is 344 g/mol. The van der Waals surface area contributed by atoms with Crippen LogP contribution in [0.2, 0.25) is 0 Å². The highest BCUT2D eigenvalue weighted by Gasteiger charge is 2.10. The number of fused-ring (bicyclic) bond motifs is 1. The maximum absolute atomic E-state index is 11.5. The zero-order valence-corrected chi connectivity index (χ0v) is 14.0. The van der Waals surface area contributed by atoms with E-state index in [1.165, 1.54) is 25.5 Å². The number of sulfone groups is 1. The van der Waals surface area contributed by atoms with Crippen LogP contribution in [0.5, 0.6) is 11.5 Å². The third-order valence-corrected chi connectivity index (χ3v) is 4.74. The first-order valence-electron chi connectivity index (χ1n) is 7.11. The summed E-state index contributed by atoms with van der Waals surface area (Å²) in [6.45, 7) is 0. The van der Waals surface area contributed by atoms with Gasteiger partial charge >= 0.3 is 0 Å². The molecule has 24 heavy (non-hydrogen) atoms. The topological polar surface area (TPSA) is 88.5 Å². The lowest BCUT2D eigenvalue weighted by Crippen LogP contribution is -1.98. The van der Waals surface area contributed by atoms with Crippen molar-refractivity contribution >= 4 is 32.1 Å². The predicted molar refractivity (Wildman–Crippen MR) is 92.8 cm³/mol. The third-order valence-electron chi connectivity index (χ3n) is 3.61. The van der Waals surface area contributed by atoms with Gasteiger partial charge in [-0.2, -0.15) is 0 Å². The molecule has 0 saturated heterocycles. The number of anilines is 2. The third kappa shape index (κ3) is 3.11. The lowest BCUT2D eigenvalue weighted by atomic mass is 10.1. The van der Waals surface area contributed by atoms with E-state index in [4.69, 9.17) is 4.74 Å². The Balaban J connectivity index is 2.01. The normalized spacial score (nSPS) is 11.4. The van der Waals surface area contributed by atoms with Crippen molar-refractivity contribution in [1.29, 1.82) is 0 Å². The molecule has 124 valence electrons. The van der Waals surface area contributed by atoms with Gasteiger partial charge in [0.2, 0.25) is 0 Å². The van der Waals surface area contributed by atoms with E-state index in [0.29, 0.717) is 17.3 Å². The summed E-state index contributed by atoms with van der Waals surface area (Å²) in [5, 5.41) is 14.6. The molecule has 0 spiro atoms. The summed E-state index contributed by atoms with van der Waals surface area (Å²) in [4.78, 5) is 4.57. The number of nitrogens with one attached hydrogen (secondary N) is 1. The molecule has 0 amide bonds. The molecule has 0 bridgehead atoms. The van der Waals surface area contributed by atoms with Gasteiger partial charge in [0.25, 0.3) is 0 Å². The Hall–Kier alpha value is -2.80. The Morgan fingerprint density at radius 3 is 2.46 bits per heavy atom. The lowest BCUT2D eigenvalue weighted by molar-refractivity contribution is 0.374. The molecular weight excluding hydrogens is 328 g/mol. The van der Waals surface area contributed by atoms with Gasteiger partial charge < -0.3 is 15.2 Å². The van der Waals surface area contributed by atoms with Crippen LogP contribution >= 0.6 is 0 Å².